The van der Waals surface area contributed by atoms with Crippen LogP contribution in [0.2, 0.25) is 0 Å². The molecule has 1 aromatic carbocycles. The summed E-state index contributed by atoms with van der Waals surface area (Å²) in [7, 11) is 0. The van der Waals surface area contributed by atoms with Crippen LogP contribution in [0.15, 0.2) is 12.1 Å². The second-order valence-corrected chi connectivity index (χ2v) is 2.59. The molecule has 0 aliphatic rings. The van der Waals surface area contributed by atoms with Crippen LogP contribution in [0.3, 0.4) is 0 Å². The molecule has 0 saturated heterocycles. The van der Waals surface area contributed by atoms with Gasteiger partial charge in [0.25, 0.3) is 0 Å². The first-order chi connectivity index (χ1) is 5.65. The van der Waals surface area contributed by atoms with Crippen LogP contribution in [0, 0.1) is 6.92 Å². The molecule has 0 saturated carbocycles. The highest BCUT2D eigenvalue weighted by Crippen LogP contribution is 2.28. The van der Waals surface area contributed by atoms with Gasteiger partial charge in [0.15, 0.2) is 0 Å². The number of hydrogen-bond donors (Lipinski definition) is 2. The van der Waals surface area contributed by atoms with Gasteiger partial charge in [0.1, 0.15) is 11.5 Å². The summed E-state index contributed by atoms with van der Waals surface area (Å²) >= 11 is 0. The van der Waals surface area contributed by atoms with E-state index in [1.54, 1.807) is 19.1 Å². The second kappa shape index (κ2) is 3.34. The fraction of sp³-hybridized carbons (Fsp3) is 0.333. The summed E-state index contributed by atoms with van der Waals surface area (Å²) < 4.78 is 5.18. The van der Waals surface area contributed by atoms with Crippen LogP contribution in [0.1, 0.15) is 12.5 Å². The lowest BCUT2D eigenvalue weighted by molar-refractivity contribution is 0.338. The molecule has 0 aliphatic heterocycles. The van der Waals surface area contributed by atoms with Crippen LogP contribution in [0.5, 0.6) is 11.5 Å². The van der Waals surface area contributed by atoms with Crippen molar-refractivity contribution in [3.8, 4) is 11.5 Å². The quantitative estimate of drug-likeness (QED) is 0.659. The van der Waals surface area contributed by atoms with Crippen molar-refractivity contribution in [3.63, 3.8) is 0 Å². The number of aromatic hydroxyl groups is 1. The molecule has 3 heteroatoms. The summed E-state index contributed by atoms with van der Waals surface area (Å²) in [5.74, 6) is 0.788. The summed E-state index contributed by atoms with van der Waals surface area (Å²) in [5.41, 5.74) is 6.86. The zero-order chi connectivity index (χ0) is 9.14. The van der Waals surface area contributed by atoms with Gasteiger partial charge in [0.2, 0.25) is 0 Å². The van der Waals surface area contributed by atoms with E-state index in [0.717, 1.165) is 0 Å². The smallest absolute Gasteiger partial charge is 0.125 e. The predicted octanol–water partition coefficient (Wildman–Crippen LogP) is 1.68. The van der Waals surface area contributed by atoms with Crippen molar-refractivity contribution in [2.45, 2.75) is 13.8 Å². The number of hydrogen-bond acceptors (Lipinski definition) is 3. The van der Waals surface area contributed by atoms with Crippen molar-refractivity contribution in [2.75, 3.05) is 12.3 Å². The molecule has 12 heavy (non-hydrogen) atoms. The van der Waals surface area contributed by atoms with E-state index >= 15 is 0 Å². The van der Waals surface area contributed by atoms with Crippen LogP contribution in [0.25, 0.3) is 0 Å². The highest BCUT2D eigenvalue weighted by atomic mass is 16.5. The number of ether oxygens (including phenoxy) is 1. The molecule has 0 unspecified atom stereocenters. The van der Waals surface area contributed by atoms with E-state index in [0.29, 0.717) is 23.6 Å². The maximum absolute atomic E-state index is 9.35. The summed E-state index contributed by atoms with van der Waals surface area (Å²) in [6, 6.07) is 3.27. The fourth-order valence-corrected chi connectivity index (χ4v) is 0.944. The maximum atomic E-state index is 9.35. The Morgan fingerprint density at radius 3 is 2.67 bits per heavy atom. The Hall–Kier alpha value is -1.38. The number of anilines is 1. The lowest BCUT2D eigenvalue weighted by Crippen LogP contribution is -1.95. The molecule has 0 aliphatic carbocycles. The molecule has 0 heterocycles. The van der Waals surface area contributed by atoms with Gasteiger partial charge in [-0.05, 0) is 13.8 Å². The third-order valence-corrected chi connectivity index (χ3v) is 1.70. The van der Waals surface area contributed by atoms with Crippen LogP contribution in [-0.4, -0.2) is 11.7 Å². The van der Waals surface area contributed by atoms with E-state index in [-0.39, 0.29) is 5.75 Å². The normalized spacial score (nSPS) is 9.83. The zero-order valence-electron chi connectivity index (χ0n) is 7.29. The first-order valence-corrected chi connectivity index (χ1v) is 3.87. The third kappa shape index (κ3) is 1.61. The molecule has 0 amide bonds. The lowest BCUT2D eigenvalue weighted by Gasteiger charge is -2.07. The molecular weight excluding hydrogens is 154 g/mol. The largest absolute Gasteiger partial charge is 0.507 e. The first-order valence-electron chi connectivity index (χ1n) is 3.87. The van der Waals surface area contributed by atoms with Gasteiger partial charge in [-0.15, -0.1) is 0 Å². The molecule has 0 spiro atoms. The first kappa shape index (κ1) is 8.71. The Morgan fingerprint density at radius 2 is 2.17 bits per heavy atom. The number of phenols is 1. The van der Waals surface area contributed by atoms with Crippen molar-refractivity contribution in [3.05, 3.63) is 17.7 Å². The van der Waals surface area contributed by atoms with Gasteiger partial charge < -0.3 is 15.6 Å². The van der Waals surface area contributed by atoms with Crippen molar-refractivity contribution in [1.29, 1.82) is 0 Å². The van der Waals surface area contributed by atoms with E-state index in [9.17, 15) is 5.11 Å². The minimum Gasteiger partial charge on any atom is -0.507 e. The average Bonchev–Trinajstić information content (AvgIpc) is 2.01. The number of phenolic OH excluding ortho intramolecular Hbond substituents is 1. The number of nitrogens with two attached hydrogens (primary N) is 1. The minimum atomic E-state index is 0.179. The van der Waals surface area contributed by atoms with Gasteiger partial charge in [0, 0.05) is 23.4 Å². The van der Waals surface area contributed by atoms with Gasteiger partial charge >= 0.3 is 0 Å². The van der Waals surface area contributed by atoms with Gasteiger partial charge in [-0.1, -0.05) is 0 Å². The summed E-state index contributed by atoms with van der Waals surface area (Å²) in [5, 5.41) is 9.35. The van der Waals surface area contributed by atoms with E-state index in [1.165, 1.54) is 0 Å². The van der Waals surface area contributed by atoms with Gasteiger partial charge in [0.05, 0.1) is 6.61 Å². The SMILES string of the molecule is CCOc1cc(N)c(C)c(O)c1. The van der Waals surface area contributed by atoms with E-state index in [2.05, 4.69) is 0 Å². The highest BCUT2D eigenvalue weighted by Gasteiger charge is 2.03. The summed E-state index contributed by atoms with van der Waals surface area (Å²) in [6.45, 7) is 4.22. The van der Waals surface area contributed by atoms with Crippen molar-refractivity contribution in [2.24, 2.45) is 0 Å². The Morgan fingerprint density at radius 1 is 1.50 bits per heavy atom. The molecule has 0 bridgehead atoms. The maximum Gasteiger partial charge on any atom is 0.125 e. The zero-order valence-corrected chi connectivity index (χ0v) is 7.29. The molecule has 66 valence electrons. The fourth-order valence-electron chi connectivity index (χ4n) is 0.944. The Labute approximate surface area is 71.8 Å². The topological polar surface area (TPSA) is 55.5 Å². The Balaban J connectivity index is 3.04. The minimum absolute atomic E-state index is 0.179. The highest BCUT2D eigenvalue weighted by molar-refractivity contribution is 5.57. The van der Waals surface area contributed by atoms with Crippen molar-refractivity contribution >= 4 is 5.69 Å². The molecule has 0 fully saturated rings. The molecule has 0 radical (unpaired) electrons. The predicted molar refractivity (Wildman–Crippen MR) is 48.4 cm³/mol. The molecule has 1 aromatic rings. The molecule has 0 atom stereocenters. The number of benzene rings is 1. The van der Waals surface area contributed by atoms with E-state index in [4.69, 9.17) is 10.5 Å². The van der Waals surface area contributed by atoms with Crippen LogP contribution < -0.4 is 10.5 Å². The second-order valence-electron chi connectivity index (χ2n) is 2.59. The molecule has 3 N–H and O–H groups in total. The van der Waals surface area contributed by atoms with Gasteiger partial charge in [-0.3, -0.25) is 0 Å². The molecule has 1 rings (SSSR count). The summed E-state index contributed by atoms with van der Waals surface area (Å²) in [6.07, 6.45) is 0. The Kier molecular flexibility index (Phi) is 2.43. The van der Waals surface area contributed by atoms with Crippen LogP contribution >= 0.6 is 0 Å². The molecule has 0 aromatic heterocycles. The van der Waals surface area contributed by atoms with Crippen LogP contribution in [-0.2, 0) is 0 Å². The molecule has 3 nitrogen and oxygen atoms in total. The van der Waals surface area contributed by atoms with Crippen LogP contribution in [0.4, 0.5) is 5.69 Å². The van der Waals surface area contributed by atoms with E-state index in [1.807, 2.05) is 6.92 Å². The lowest BCUT2D eigenvalue weighted by atomic mass is 10.2. The standard InChI is InChI=1S/C9H13NO2/c1-3-12-7-4-8(10)6(2)9(11)5-7/h4-5,11H,3,10H2,1-2H3. The number of nitrogen functional groups attached to an aromatic ring is 1. The van der Waals surface area contributed by atoms with Crippen molar-refractivity contribution in [1.82, 2.24) is 0 Å². The Bertz CT molecular complexity index is 261. The van der Waals surface area contributed by atoms with Gasteiger partial charge in [-0.25, -0.2) is 0 Å². The third-order valence-electron chi connectivity index (χ3n) is 1.70. The summed E-state index contributed by atoms with van der Waals surface area (Å²) in [4.78, 5) is 0. The molecular formula is C9H13NO2. The van der Waals surface area contributed by atoms with E-state index < -0.39 is 0 Å². The monoisotopic (exact) mass is 167 g/mol. The average molecular weight is 167 g/mol. The van der Waals surface area contributed by atoms with Gasteiger partial charge in [-0.2, -0.15) is 0 Å². The van der Waals surface area contributed by atoms with Crippen molar-refractivity contribution < 1.29 is 9.84 Å². The number of rotatable bonds is 2.